The average molecular weight is 285 g/mol. The zero-order valence-electron chi connectivity index (χ0n) is 12.0. The van der Waals surface area contributed by atoms with Crippen LogP contribution in [0.25, 0.3) is 0 Å². The Labute approximate surface area is 116 Å². The van der Waals surface area contributed by atoms with Gasteiger partial charge in [-0.15, -0.1) is 0 Å². The van der Waals surface area contributed by atoms with Crippen LogP contribution >= 0.6 is 0 Å². The third-order valence-corrected chi connectivity index (χ3v) is 2.76. The molecule has 1 fully saturated rings. The van der Waals surface area contributed by atoms with Gasteiger partial charge in [-0.2, -0.15) is 0 Å². The quantitative estimate of drug-likeness (QED) is 0.517. The van der Waals surface area contributed by atoms with Gasteiger partial charge in [-0.25, -0.2) is 9.59 Å². The second-order valence-electron chi connectivity index (χ2n) is 4.99. The summed E-state index contributed by atoms with van der Waals surface area (Å²) in [5.41, 5.74) is -1.02. The van der Waals surface area contributed by atoms with Crippen molar-refractivity contribution >= 4 is 23.8 Å². The summed E-state index contributed by atoms with van der Waals surface area (Å²) in [7, 11) is 0. The Morgan fingerprint density at radius 1 is 1.40 bits per heavy atom. The van der Waals surface area contributed by atoms with Crippen molar-refractivity contribution in [3.8, 4) is 0 Å². The van der Waals surface area contributed by atoms with E-state index < -0.39 is 41.9 Å². The summed E-state index contributed by atoms with van der Waals surface area (Å²) < 4.78 is 4.74. The lowest BCUT2D eigenvalue weighted by Crippen LogP contribution is -2.47. The molecule has 1 rings (SSSR count). The van der Waals surface area contributed by atoms with Crippen molar-refractivity contribution in [2.45, 2.75) is 39.3 Å². The highest BCUT2D eigenvalue weighted by molar-refractivity contribution is 6.08. The molecule has 4 amide bonds. The standard InChI is InChI=1S/C12H19N3O5/c1-5-20-9(17)7(2)13-8(16)6-15-10(18)12(3,4)14-11(15)19/h7H,5-6H2,1-4H3,(H,13,16)(H,14,19). The Bertz CT molecular complexity index is 446. The number of hydrogen-bond donors (Lipinski definition) is 2. The number of esters is 1. The van der Waals surface area contributed by atoms with Gasteiger partial charge in [-0.3, -0.25) is 14.5 Å². The summed E-state index contributed by atoms with van der Waals surface area (Å²) in [5.74, 6) is -1.66. The van der Waals surface area contributed by atoms with Crippen LogP contribution in [0.3, 0.4) is 0 Å². The summed E-state index contributed by atoms with van der Waals surface area (Å²) in [6.45, 7) is 5.99. The summed E-state index contributed by atoms with van der Waals surface area (Å²) in [6, 6.07) is -1.46. The van der Waals surface area contributed by atoms with Gasteiger partial charge in [-0.05, 0) is 27.7 Å². The lowest BCUT2D eigenvalue weighted by atomic mass is 10.1. The van der Waals surface area contributed by atoms with Gasteiger partial charge in [0.25, 0.3) is 5.91 Å². The molecule has 1 unspecified atom stereocenters. The Kier molecular flexibility index (Phi) is 4.69. The molecule has 8 heteroatoms. The van der Waals surface area contributed by atoms with Crippen LogP contribution in [0.1, 0.15) is 27.7 Å². The highest BCUT2D eigenvalue weighted by atomic mass is 16.5. The predicted molar refractivity (Wildman–Crippen MR) is 68.6 cm³/mol. The molecule has 0 radical (unpaired) electrons. The van der Waals surface area contributed by atoms with E-state index in [0.717, 1.165) is 4.90 Å². The van der Waals surface area contributed by atoms with Crippen LogP contribution in [0.2, 0.25) is 0 Å². The summed E-state index contributed by atoms with van der Waals surface area (Å²) in [6.07, 6.45) is 0. The second-order valence-corrected chi connectivity index (χ2v) is 4.99. The second kappa shape index (κ2) is 5.89. The maximum absolute atomic E-state index is 11.9. The third-order valence-electron chi connectivity index (χ3n) is 2.76. The van der Waals surface area contributed by atoms with E-state index in [9.17, 15) is 19.2 Å². The molecule has 1 heterocycles. The molecule has 1 atom stereocenters. The number of carbonyl (C=O) groups excluding carboxylic acids is 4. The van der Waals surface area contributed by atoms with Crippen molar-refractivity contribution in [1.29, 1.82) is 0 Å². The lowest BCUT2D eigenvalue weighted by molar-refractivity contribution is -0.147. The minimum absolute atomic E-state index is 0.209. The molecule has 0 aromatic rings. The van der Waals surface area contributed by atoms with Crippen LogP contribution in [-0.4, -0.2) is 53.4 Å². The molecule has 1 aliphatic heterocycles. The van der Waals surface area contributed by atoms with E-state index in [2.05, 4.69) is 10.6 Å². The van der Waals surface area contributed by atoms with Gasteiger partial charge in [-0.1, -0.05) is 0 Å². The van der Waals surface area contributed by atoms with Crippen LogP contribution in [0.15, 0.2) is 0 Å². The van der Waals surface area contributed by atoms with E-state index in [1.165, 1.54) is 6.92 Å². The first-order valence-electron chi connectivity index (χ1n) is 6.29. The third kappa shape index (κ3) is 3.46. The van der Waals surface area contributed by atoms with Crippen LogP contribution in [0, 0.1) is 0 Å². The number of nitrogens with one attached hydrogen (secondary N) is 2. The maximum Gasteiger partial charge on any atom is 0.328 e. The van der Waals surface area contributed by atoms with Crippen molar-refractivity contribution in [2.24, 2.45) is 0 Å². The molecule has 112 valence electrons. The molecule has 0 saturated carbocycles. The number of rotatable bonds is 5. The summed E-state index contributed by atoms with van der Waals surface area (Å²) in [4.78, 5) is 47.3. The fourth-order valence-corrected chi connectivity index (χ4v) is 1.72. The number of imide groups is 1. The van der Waals surface area contributed by atoms with Gasteiger partial charge in [0.05, 0.1) is 6.61 Å². The topological polar surface area (TPSA) is 105 Å². The SMILES string of the molecule is CCOC(=O)C(C)NC(=O)CN1C(=O)NC(C)(C)C1=O. The number of nitrogens with zero attached hydrogens (tertiary/aromatic N) is 1. The smallest absolute Gasteiger partial charge is 0.328 e. The Morgan fingerprint density at radius 3 is 2.45 bits per heavy atom. The molecule has 0 aromatic carbocycles. The maximum atomic E-state index is 11.9. The number of carbonyl (C=O) groups is 4. The van der Waals surface area contributed by atoms with Crippen LogP contribution in [-0.2, 0) is 19.1 Å². The number of urea groups is 1. The first-order chi connectivity index (χ1) is 9.19. The summed E-state index contributed by atoms with van der Waals surface area (Å²) >= 11 is 0. The molecular weight excluding hydrogens is 266 g/mol. The van der Waals surface area contributed by atoms with Crippen molar-refractivity contribution < 1.29 is 23.9 Å². The Balaban J connectivity index is 2.57. The predicted octanol–water partition coefficient (Wildman–Crippen LogP) is -0.615. The molecule has 2 N–H and O–H groups in total. The zero-order valence-corrected chi connectivity index (χ0v) is 12.0. The minimum atomic E-state index is -1.02. The minimum Gasteiger partial charge on any atom is -0.464 e. The molecule has 1 saturated heterocycles. The van der Waals surface area contributed by atoms with E-state index in [4.69, 9.17) is 4.74 Å². The van der Waals surface area contributed by atoms with Crippen molar-refractivity contribution in [3.63, 3.8) is 0 Å². The molecule has 0 aromatic heterocycles. The summed E-state index contributed by atoms with van der Waals surface area (Å²) in [5, 5.41) is 4.83. The van der Waals surface area contributed by atoms with Crippen molar-refractivity contribution in [2.75, 3.05) is 13.2 Å². The van der Waals surface area contributed by atoms with Crippen LogP contribution in [0.4, 0.5) is 4.79 Å². The highest BCUT2D eigenvalue weighted by Crippen LogP contribution is 2.15. The molecular formula is C12H19N3O5. The van der Waals surface area contributed by atoms with Gasteiger partial charge < -0.3 is 15.4 Å². The van der Waals surface area contributed by atoms with Gasteiger partial charge in [0.15, 0.2) is 0 Å². The molecule has 1 aliphatic rings. The normalized spacial score (nSPS) is 18.5. The van der Waals surface area contributed by atoms with E-state index in [-0.39, 0.29) is 6.61 Å². The number of amides is 4. The Morgan fingerprint density at radius 2 is 2.00 bits per heavy atom. The molecule has 8 nitrogen and oxygen atoms in total. The first-order valence-corrected chi connectivity index (χ1v) is 6.29. The number of hydrogen-bond acceptors (Lipinski definition) is 5. The average Bonchev–Trinajstić information content (AvgIpc) is 2.51. The molecule has 0 aliphatic carbocycles. The van der Waals surface area contributed by atoms with E-state index in [0.29, 0.717) is 0 Å². The Hall–Kier alpha value is -2.12. The van der Waals surface area contributed by atoms with E-state index in [1.807, 2.05) is 0 Å². The first kappa shape index (κ1) is 15.9. The molecule has 0 bridgehead atoms. The highest BCUT2D eigenvalue weighted by Gasteiger charge is 2.44. The van der Waals surface area contributed by atoms with Gasteiger partial charge in [0.1, 0.15) is 18.1 Å². The monoisotopic (exact) mass is 285 g/mol. The fraction of sp³-hybridized carbons (Fsp3) is 0.667. The van der Waals surface area contributed by atoms with Gasteiger partial charge in [0, 0.05) is 0 Å². The molecule has 0 spiro atoms. The van der Waals surface area contributed by atoms with Crippen LogP contribution < -0.4 is 10.6 Å². The lowest BCUT2D eigenvalue weighted by Gasteiger charge is -2.17. The van der Waals surface area contributed by atoms with Crippen molar-refractivity contribution in [3.05, 3.63) is 0 Å². The van der Waals surface area contributed by atoms with Gasteiger partial charge in [0.2, 0.25) is 5.91 Å². The fourth-order valence-electron chi connectivity index (χ4n) is 1.72. The number of ether oxygens (including phenoxy) is 1. The zero-order chi connectivity index (χ0) is 15.5. The van der Waals surface area contributed by atoms with Crippen molar-refractivity contribution in [1.82, 2.24) is 15.5 Å². The molecule has 20 heavy (non-hydrogen) atoms. The van der Waals surface area contributed by atoms with E-state index in [1.54, 1.807) is 20.8 Å². The van der Waals surface area contributed by atoms with E-state index >= 15 is 0 Å². The van der Waals surface area contributed by atoms with Crippen LogP contribution in [0.5, 0.6) is 0 Å². The van der Waals surface area contributed by atoms with Gasteiger partial charge >= 0.3 is 12.0 Å². The largest absolute Gasteiger partial charge is 0.464 e.